The Labute approximate surface area is 185 Å². The van der Waals surface area contributed by atoms with Gasteiger partial charge in [-0.2, -0.15) is 0 Å². The summed E-state index contributed by atoms with van der Waals surface area (Å²) in [7, 11) is -3.63. The molecule has 0 bridgehead atoms. The summed E-state index contributed by atoms with van der Waals surface area (Å²) in [6, 6.07) is 6.37. The van der Waals surface area contributed by atoms with Gasteiger partial charge in [-0.25, -0.2) is 8.42 Å². The molecular weight excluding hydrogens is 395 g/mol. The topological polar surface area (TPSA) is 118 Å². The molecule has 4 atom stereocenters. The molecule has 3 aliphatic heterocycles. The Kier molecular flexibility index (Phi) is 5.44. The second kappa shape index (κ2) is 7.14. The number of aliphatic hydroxyl groups excluding tert-OH is 1. The van der Waals surface area contributed by atoms with Crippen molar-refractivity contribution in [1.29, 1.82) is 0 Å². The van der Waals surface area contributed by atoms with E-state index >= 15 is 0 Å². The molecule has 1 N–H and O–H groups in total. The first-order chi connectivity index (χ1) is 12.6. The minimum atomic E-state index is -3.63. The van der Waals surface area contributed by atoms with Crippen LogP contribution < -0.4 is 39.0 Å². The first-order valence-electron chi connectivity index (χ1n) is 8.69. The SMILES string of the molecule is CC(O)C1C(=O)N2C(C(=O)[O-])=C(CN3c4ccccc4CS3(=O)=O)C(C)C12.[Na+]. The molecule has 3 heterocycles. The summed E-state index contributed by atoms with van der Waals surface area (Å²) in [5.41, 5.74) is 1.23. The molecule has 0 aromatic heterocycles. The van der Waals surface area contributed by atoms with Crippen molar-refractivity contribution in [3.8, 4) is 0 Å². The molecule has 144 valence electrons. The van der Waals surface area contributed by atoms with E-state index in [-0.39, 0.29) is 47.6 Å². The normalized spacial score (nSPS) is 28.4. The number of benzene rings is 1. The molecule has 1 saturated heterocycles. The zero-order chi connectivity index (χ0) is 19.7. The number of fused-ring (bicyclic) bond motifs is 2. The van der Waals surface area contributed by atoms with Crippen molar-refractivity contribution in [2.24, 2.45) is 11.8 Å². The average Bonchev–Trinajstić information content (AvgIpc) is 2.97. The Bertz CT molecular complexity index is 990. The standard InChI is InChI=1S/C18H20N2O6S.Na/c1-9-12(7-19-13-6-4-3-5-11(13)8-27(19,25)26)16(18(23)24)20-15(9)14(10(2)21)17(20)22;/h3-6,9-10,14-15,21H,7-8H2,1-2H3,(H,23,24);/q;+1/p-1. The summed E-state index contributed by atoms with van der Waals surface area (Å²) in [6.45, 7) is 3.08. The maximum absolute atomic E-state index is 12.6. The molecule has 1 amide bonds. The van der Waals surface area contributed by atoms with Gasteiger partial charge in [0.05, 0.1) is 47.7 Å². The van der Waals surface area contributed by atoms with Crippen LogP contribution in [0.3, 0.4) is 0 Å². The van der Waals surface area contributed by atoms with E-state index in [0.29, 0.717) is 16.8 Å². The van der Waals surface area contributed by atoms with Crippen LogP contribution in [0.1, 0.15) is 19.4 Å². The van der Waals surface area contributed by atoms with Crippen LogP contribution in [-0.4, -0.2) is 49.0 Å². The number of amides is 1. The van der Waals surface area contributed by atoms with Gasteiger partial charge in [0.2, 0.25) is 15.9 Å². The number of aliphatic carboxylic acids is 1. The van der Waals surface area contributed by atoms with E-state index < -0.39 is 45.9 Å². The molecular formula is C18H19N2NaO6S. The molecule has 0 spiro atoms. The fourth-order valence-electron chi connectivity index (χ4n) is 4.48. The van der Waals surface area contributed by atoms with Gasteiger partial charge in [-0.1, -0.05) is 25.1 Å². The number of anilines is 1. The monoisotopic (exact) mass is 414 g/mol. The fourth-order valence-corrected chi connectivity index (χ4v) is 6.09. The molecule has 1 fully saturated rings. The molecule has 4 unspecified atom stereocenters. The molecule has 0 saturated carbocycles. The van der Waals surface area contributed by atoms with Crippen LogP contribution >= 0.6 is 0 Å². The van der Waals surface area contributed by atoms with E-state index in [1.54, 1.807) is 31.2 Å². The van der Waals surface area contributed by atoms with Crippen LogP contribution in [0.25, 0.3) is 0 Å². The third-order valence-electron chi connectivity index (χ3n) is 5.76. The summed E-state index contributed by atoms with van der Waals surface area (Å²) in [5.74, 6) is -3.23. The third-order valence-corrected chi connectivity index (χ3v) is 7.43. The van der Waals surface area contributed by atoms with Crippen LogP contribution in [0.5, 0.6) is 0 Å². The summed E-state index contributed by atoms with van der Waals surface area (Å²) < 4.78 is 26.4. The maximum Gasteiger partial charge on any atom is 1.00 e. The molecule has 0 radical (unpaired) electrons. The van der Waals surface area contributed by atoms with Crippen molar-refractivity contribution < 1.29 is 57.8 Å². The maximum atomic E-state index is 12.6. The first kappa shape index (κ1) is 21.3. The number of nitrogens with zero attached hydrogens (tertiary/aromatic N) is 2. The van der Waals surface area contributed by atoms with E-state index in [1.807, 2.05) is 0 Å². The van der Waals surface area contributed by atoms with Crippen LogP contribution in [0.15, 0.2) is 35.5 Å². The van der Waals surface area contributed by atoms with Gasteiger partial charge in [-0.15, -0.1) is 0 Å². The molecule has 8 nitrogen and oxygen atoms in total. The van der Waals surface area contributed by atoms with Crippen molar-refractivity contribution in [2.45, 2.75) is 31.7 Å². The Morgan fingerprint density at radius 3 is 2.61 bits per heavy atom. The zero-order valence-electron chi connectivity index (χ0n) is 15.8. The van der Waals surface area contributed by atoms with Crippen LogP contribution in [-0.2, 0) is 25.4 Å². The largest absolute Gasteiger partial charge is 1.00 e. The van der Waals surface area contributed by atoms with Crippen LogP contribution in [0, 0.1) is 11.8 Å². The number of carboxylic acids is 1. The summed E-state index contributed by atoms with van der Waals surface area (Å²) >= 11 is 0. The Morgan fingerprint density at radius 2 is 2.00 bits per heavy atom. The Morgan fingerprint density at radius 1 is 1.36 bits per heavy atom. The fraction of sp³-hybridized carbons (Fsp3) is 0.444. The van der Waals surface area contributed by atoms with Crippen molar-refractivity contribution in [2.75, 3.05) is 10.8 Å². The Hall–Kier alpha value is -1.39. The Balaban J connectivity index is 0.00000225. The molecule has 1 aromatic carbocycles. The van der Waals surface area contributed by atoms with Crippen LogP contribution in [0.2, 0.25) is 0 Å². The number of para-hydroxylation sites is 1. The summed E-state index contributed by atoms with van der Waals surface area (Å²) in [6.07, 6.45) is -0.917. The van der Waals surface area contributed by atoms with Gasteiger partial charge in [0.1, 0.15) is 0 Å². The van der Waals surface area contributed by atoms with Gasteiger partial charge < -0.3 is 19.9 Å². The number of rotatable bonds is 4. The van der Waals surface area contributed by atoms with Crippen molar-refractivity contribution in [3.63, 3.8) is 0 Å². The molecule has 10 heteroatoms. The number of hydrogen-bond donors (Lipinski definition) is 1. The summed E-state index contributed by atoms with van der Waals surface area (Å²) in [5, 5.41) is 21.6. The predicted octanol–water partition coefficient (Wildman–Crippen LogP) is -3.80. The van der Waals surface area contributed by atoms with E-state index in [2.05, 4.69) is 0 Å². The molecule has 4 rings (SSSR count). The predicted molar refractivity (Wildman–Crippen MR) is 93.4 cm³/mol. The number of hydrogen-bond acceptors (Lipinski definition) is 6. The number of β-lactam (4-membered cyclic amide) rings is 1. The van der Waals surface area contributed by atoms with Crippen molar-refractivity contribution in [1.82, 2.24) is 4.90 Å². The second-order valence-corrected chi connectivity index (χ2v) is 9.20. The van der Waals surface area contributed by atoms with Gasteiger partial charge in [-0.05, 0) is 24.1 Å². The zero-order valence-corrected chi connectivity index (χ0v) is 18.6. The third kappa shape index (κ3) is 2.91. The first-order valence-corrected chi connectivity index (χ1v) is 10.3. The molecule has 1 aromatic rings. The number of carboxylic acid groups (broad SMARTS) is 1. The van der Waals surface area contributed by atoms with Gasteiger partial charge in [0.15, 0.2) is 0 Å². The van der Waals surface area contributed by atoms with Gasteiger partial charge in [0, 0.05) is 5.92 Å². The van der Waals surface area contributed by atoms with Crippen molar-refractivity contribution in [3.05, 3.63) is 41.1 Å². The number of sulfonamides is 1. The van der Waals surface area contributed by atoms with E-state index in [9.17, 15) is 28.2 Å². The smallest absolute Gasteiger partial charge is 0.543 e. The minimum Gasteiger partial charge on any atom is -0.543 e. The number of carbonyl (C=O) groups excluding carboxylic acids is 2. The van der Waals surface area contributed by atoms with Crippen molar-refractivity contribution >= 4 is 27.6 Å². The number of carbonyl (C=O) groups is 2. The van der Waals surface area contributed by atoms with E-state index in [0.717, 1.165) is 4.90 Å². The quantitative estimate of drug-likeness (QED) is 0.399. The molecule has 3 aliphatic rings. The van der Waals surface area contributed by atoms with Gasteiger partial charge in [-0.3, -0.25) is 9.10 Å². The second-order valence-electron chi connectivity index (χ2n) is 7.31. The number of aliphatic hydroxyl groups is 1. The summed E-state index contributed by atoms with van der Waals surface area (Å²) in [4.78, 5) is 25.3. The van der Waals surface area contributed by atoms with Gasteiger partial charge in [0.25, 0.3) is 0 Å². The average molecular weight is 414 g/mol. The molecule has 28 heavy (non-hydrogen) atoms. The van der Waals surface area contributed by atoms with Gasteiger partial charge >= 0.3 is 29.6 Å². The minimum absolute atomic E-state index is 0. The van der Waals surface area contributed by atoms with E-state index in [4.69, 9.17) is 0 Å². The molecule has 0 aliphatic carbocycles. The van der Waals surface area contributed by atoms with Crippen LogP contribution in [0.4, 0.5) is 5.69 Å². The van der Waals surface area contributed by atoms with E-state index in [1.165, 1.54) is 11.2 Å².